The van der Waals surface area contributed by atoms with Gasteiger partial charge in [0.05, 0.1) is 11.6 Å². The molecule has 0 saturated carbocycles. The molecule has 0 bridgehead atoms. The van der Waals surface area contributed by atoms with E-state index in [9.17, 15) is 0 Å². The monoisotopic (exact) mass is 271 g/mol. The van der Waals surface area contributed by atoms with Gasteiger partial charge >= 0.3 is 0 Å². The zero-order chi connectivity index (χ0) is 11.3. The van der Waals surface area contributed by atoms with Gasteiger partial charge in [0, 0.05) is 0 Å². The summed E-state index contributed by atoms with van der Waals surface area (Å²) in [5.74, 6) is 0.915. The van der Waals surface area contributed by atoms with Gasteiger partial charge in [0.2, 0.25) is 0 Å². The lowest BCUT2D eigenvalue weighted by atomic mass is 10.1. The van der Waals surface area contributed by atoms with Crippen molar-refractivity contribution >= 4 is 15.9 Å². The van der Waals surface area contributed by atoms with Gasteiger partial charge in [-0.05, 0) is 65.9 Å². The third-order valence-electron chi connectivity index (χ3n) is 2.38. The standard InChI is InChI=1S/C12H18BrNO/c1-9-7-10(5-3-4-6-14)12(13)11(8-9)15-2/h7-8H,3-6,14H2,1-2H3. The summed E-state index contributed by atoms with van der Waals surface area (Å²) in [6.07, 6.45) is 3.25. The summed E-state index contributed by atoms with van der Waals surface area (Å²) in [6, 6.07) is 4.24. The minimum atomic E-state index is 0.764. The average Bonchev–Trinajstić information content (AvgIpc) is 2.23. The maximum Gasteiger partial charge on any atom is 0.133 e. The van der Waals surface area contributed by atoms with Gasteiger partial charge < -0.3 is 10.5 Å². The maximum absolute atomic E-state index is 5.48. The number of rotatable bonds is 5. The molecule has 0 unspecified atom stereocenters. The Morgan fingerprint density at radius 1 is 1.33 bits per heavy atom. The molecule has 0 atom stereocenters. The number of aryl methyl sites for hydroxylation is 2. The molecule has 2 nitrogen and oxygen atoms in total. The second-order valence-electron chi connectivity index (χ2n) is 3.69. The van der Waals surface area contributed by atoms with E-state index in [1.54, 1.807) is 7.11 Å². The van der Waals surface area contributed by atoms with E-state index in [1.165, 1.54) is 11.1 Å². The van der Waals surface area contributed by atoms with Gasteiger partial charge in [-0.3, -0.25) is 0 Å². The van der Waals surface area contributed by atoms with Crippen LogP contribution in [0.1, 0.15) is 24.0 Å². The quantitative estimate of drug-likeness (QED) is 0.836. The van der Waals surface area contributed by atoms with E-state index in [2.05, 4.69) is 28.9 Å². The summed E-state index contributed by atoms with van der Waals surface area (Å²) in [5.41, 5.74) is 8.02. The third-order valence-corrected chi connectivity index (χ3v) is 3.28. The van der Waals surface area contributed by atoms with E-state index in [0.717, 1.165) is 36.0 Å². The van der Waals surface area contributed by atoms with Crippen LogP contribution in [0.15, 0.2) is 16.6 Å². The van der Waals surface area contributed by atoms with Gasteiger partial charge in [0.15, 0.2) is 0 Å². The average molecular weight is 272 g/mol. The molecule has 0 heterocycles. The molecular formula is C12H18BrNO. The van der Waals surface area contributed by atoms with Crippen LogP contribution < -0.4 is 10.5 Å². The van der Waals surface area contributed by atoms with Crippen molar-refractivity contribution in [2.75, 3.05) is 13.7 Å². The Morgan fingerprint density at radius 2 is 2.07 bits per heavy atom. The minimum Gasteiger partial charge on any atom is -0.496 e. The number of methoxy groups -OCH3 is 1. The Bertz CT molecular complexity index is 326. The van der Waals surface area contributed by atoms with Crippen LogP contribution >= 0.6 is 15.9 Å². The summed E-state index contributed by atoms with van der Waals surface area (Å²) in [4.78, 5) is 0. The van der Waals surface area contributed by atoms with E-state index in [-0.39, 0.29) is 0 Å². The van der Waals surface area contributed by atoms with Crippen LogP contribution in [0.3, 0.4) is 0 Å². The van der Waals surface area contributed by atoms with Crippen LogP contribution in [0.2, 0.25) is 0 Å². The molecule has 0 radical (unpaired) electrons. The molecule has 0 aliphatic carbocycles. The smallest absolute Gasteiger partial charge is 0.133 e. The van der Waals surface area contributed by atoms with Gasteiger partial charge in [-0.2, -0.15) is 0 Å². The number of ether oxygens (including phenoxy) is 1. The molecule has 0 aromatic heterocycles. The second-order valence-corrected chi connectivity index (χ2v) is 4.48. The predicted octanol–water partition coefficient (Wildman–Crippen LogP) is 3.05. The van der Waals surface area contributed by atoms with Crippen LogP contribution in [0.25, 0.3) is 0 Å². The molecule has 0 amide bonds. The first kappa shape index (κ1) is 12.5. The Morgan fingerprint density at radius 3 is 2.67 bits per heavy atom. The lowest BCUT2D eigenvalue weighted by Crippen LogP contribution is -2.00. The molecular weight excluding hydrogens is 254 g/mol. The number of hydrogen-bond acceptors (Lipinski definition) is 2. The first-order valence-electron chi connectivity index (χ1n) is 5.22. The summed E-state index contributed by atoms with van der Waals surface area (Å²) in [6.45, 7) is 2.85. The third kappa shape index (κ3) is 3.50. The second kappa shape index (κ2) is 6.13. The van der Waals surface area contributed by atoms with Gasteiger partial charge in [-0.1, -0.05) is 6.07 Å². The van der Waals surface area contributed by atoms with Crippen LogP contribution in [-0.2, 0) is 6.42 Å². The number of benzene rings is 1. The van der Waals surface area contributed by atoms with Gasteiger partial charge in [-0.25, -0.2) is 0 Å². The van der Waals surface area contributed by atoms with Crippen molar-refractivity contribution in [1.29, 1.82) is 0 Å². The van der Waals surface area contributed by atoms with Crippen molar-refractivity contribution in [2.45, 2.75) is 26.2 Å². The summed E-state index contributed by atoms with van der Waals surface area (Å²) in [5, 5.41) is 0. The van der Waals surface area contributed by atoms with Crippen LogP contribution in [0.5, 0.6) is 5.75 Å². The maximum atomic E-state index is 5.48. The normalized spacial score (nSPS) is 10.4. The van der Waals surface area contributed by atoms with Gasteiger partial charge in [0.1, 0.15) is 5.75 Å². The summed E-state index contributed by atoms with van der Waals surface area (Å²) < 4.78 is 6.38. The molecule has 1 rings (SSSR count). The fraction of sp³-hybridized carbons (Fsp3) is 0.500. The fourth-order valence-corrected chi connectivity index (χ4v) is 2.19. The molecule has 0 saturated heterocycles. The highest BCUT2D eigenvalue weighted by molar-refractivity contribution is 9.10. The van der Waals surface area contributed by atoms with E-state index in [0.29, 0.717) is 0 Å². The molecule has 84 valence electrons. The molecule has 1 aromatic carbocycles. The Balaban J connectivity index is 2.81. The van der Waals surface area contributed by atoms with Crippen molar-refractivity contribution in [3.63, 3.8) is 0 Å². The highest BCUT2D eigenvalue weighted by Gasteiger charge is 2.07. The zero-order valence-electron chi connectivity index (χ0n) is 9.35. The number of unbranched alkanes of at least 4 members (excludes halogenated alkanes) is 1. The lowest BCUT2D eigenvalue weighted by Gasteiger charge is -2.10. The van der Waals surface area contributed by atoms with Crippen LogP contribution in [-0.4, -0.2) is 13.7 Å². The van der Waals surface area contributed by atoms with E-state index in [1.807, 2.05) is 6.07 Å². The number of hydrogen-bond donors (Lipinski definition) is 1. The van der Waals surface area contributed by atoms with Gasteiger partial charge in [0.25, 0.3) is 0 Å². The Labute approximate surface area is 99.9 Å². The van der Waals surface area contributed by atoms with Crippen LogP contribution in [0, 0.1) is 6.92 Å². The highest BCUT2D eigenvalue weighted by atomic mass is 79.9. The van der Waals surface area contributed by atoms with Crippen molar-refractivity contribution in [3.8, 4) is 5.75 Å². The SMILES string of the molecule is COc1cc(C)cc(CCCCN)c1Br. The summed E-state index contributed by atoms with van der Waals surface area (Å²) >= 11 is 3.57. The van der Waals surface area contributed by atoms with Crippen molar-refractivity contribution in [3.05, 3.63) is 27.7 Å². The fourth-order valence-electron chi connectivity index (χ4n) is 1.60. The molecule has 2 N–H and O–H groups in total. The van der Waals surface area contributed by atoms with Crippen molar-refractivity contribution in [1.82, 2.24) is 0 Å². The molecule has 0 spiro atoms. The van der Waals surface area contributed by atoms with E-state index in [4.69, 9.17) is 10.5 Å². The lowest BCUT2D eigenvalue weighted by molar-refractivity contribution is 0.411. The molecule has 15 heavy (non-hydrogen) atoms. The largest absolute Gasteiger partial charge is 0.496 e. The number of nitrogens with two attached hydrogens (primary N) is 1. The first-order valence-corrected chi connectivity index (χ1v) is 6.01. The highest BCUT2D eigenvalue weighted by Crippen LogP contribution is 2.30. The molecule has 0 fully saturated rings. The summed E-state index contributed by atoms with van der Waals surface area (Å²) in [7, 11) is 1.70. The first-order chi connectivity index (χ1) is 7.19. The van der Waals surface area contributed by atoms with E-state index < -0.39 is 0 Å². The molecule has 1 aromatic rings. The zero-order valence-corrected chi connectivity index (χ0v) is 10.9. The molecule has 0 aliphatic rings. The molecule has 0 aliphatic heterocycles. The minimum absolute atomic E-state index is 0.764. The Kier molecular flexibility index (Phi) is 5.12. The topological polar surface area (TPSA) is 35.2 Å². The van der Waals surface area contributed by atoms with Crippen molar-refractivity contribution < 1.29 is 4.74 Å². The van der Waals surface area contributed by atoms with Crippen LogP contribution in [0.4, 0.5) is 0 Å². The van der Waals surface area contributed by atoms with Crippen molar-refractivity contribution in [2.24, 2.45) is 5.73 Å². The predicted molar refractivity (Wildman–Crippen MR) is 67.4 cm³/mol. The number of halogens is 1. The Hall–Kier alpha value is -0.540. The molecule has 3 heteroatoms. The van der Waals surface area contributed by atoms with E-state index >= 15 is 0 Å². The van der Waals surface area contributed by atoms with Gasteiger partial charge in [-0.15, -0.1) is 0 Å².